The molecule has 0 aromatic rings. The first kappa shape index (κ1) is 24.8. The standard InChI is InChI=1S/C27H45F3O2/c1-17(10-13-26(5,32)27(28,29)30)20-8-9-21-19-7-6-18-16-23(2,31)14-15-24(18,3)22(19)11-12-25(20,21)4/h17-22,31-32H,6-16H2,1-5H3/t17-,18?,19+,20-,21+,22+,23+,24+,25-,26+/m1/s1. The van der Waals surface area contributed by atoms with Gasteiger partial charge in [-0.25, -0.2) is 0 Å². The van der Waals surface area contributed by atoms with Crippen molar-refractivity contribution in [1.29, 1.82) is 0 Å². The van der Waals surface area contributed by atoms with Crippen molar-refractivity contribution in [3.05, 3.63) is 0 Å². The Kier molecular flexibility index (Phi) is 6.10. The molecule has 4 aliphatic carbocycles. The van der Waals surface area contributed by atoms with Gasteiger partial charge in [-0.1, -0.05) is 20.8 Å². The van der Waals surface area contributed by atoms with Gasteiger partial charge in [0.1, 0.15) is 0 Å². The van der Waals surface area contributed by atoms with Gasteiger partial charge in [-0.2, -0.15) is 13.2 Å². The first-order valence-electron chi connectivity index (χ1n) is 13.1. The van der Waals surface area contributed by atoms with E-state index in [1.165, 1.54) is 32.1 Å². The van der Waals surface area contributed by atoms with Gasteiger partial charge in [0, 0.05) is 0 Å². The third-order valence-corrected chi connectivity index (χ3v) is 11.4. The summed E-state index contributed by atoms with van der Waals surface area (Å²) in [5.41, 5.74) is -2.55. The second-order valence-corrected chi connectivity index (χ2v) is 13.4. The second-order valence-electron chi connectivity index (χ2n) is 13.4. The van der Waals surface area contributed by atoms with Gasteiger partial charge in [0.2, 0.25) is 0 Å². The minimum atomic E-state index is -4.56. The fourth-order valence-corrected chi connectivity index (χ4v) is 9.26. The van der Waals surface area contributed by atoms with Crippen LogP contribution in [0, 0.1) is 46.3 Å². The molecule has 4 rings (SSSR count). The van der Waals surface area contributed by atoms with E-state index in [1.807, 2.05) is 6.92 Å². The second kappa shape index (κ2) is 7.86. The van der Waals surface area contributed by atoms with Crippen molar-refractivity contribution >= 4 is 0 Å². The molecule has 0 spiro atoms. The van der Waals surface area contributed by atoms with Crippen LogP contribution >= 0.6 is 0 Å². The van der Waals surface area contributed by atoms with E-state index in [4.69, 9.17) is 0 Å². The highest BCUT2D eigenvalue weighted by atomic mass is 19.4. The lowest BCUT2D eigenvalue weighted by Gasteiger charge is -2.62. The molecule has 0 bridgehead atoms. The van der Waals surface area contributed by atoms with Crippen LogP contribution < -0.4 is 0 Å². The number of halogens is 3. The van der Waals surface area contributed by atoms with Crippen LogP contribution in [-0.2, 0) is 0 Å². The molecular weight excluding hydrogens is 413 g/mol. The summed E-state index contributed by atoms with van der Waals surface area (Å²) in [6.45, 7) is 9.99. The third-order valence-electron chi connectivity index (χ3n) is 11.4. The maximum Gasteiger partial charge on any atom is 0.416 e. The molecule has 2 N–H and O–H groups in total. The summed E-state index contributed by atoms with van der Waals surface area (Å²) in [4.78, 5) is 0. The van der Waals surface area contributed by atoms with E-state index in [-0.39, 0.29) is 17.8 Å². The fraction of sp³-hybridized carbons (Fsp3) is 1.00. The third kappa shape index (κ3) is 3.95. The van der Waals surface area contributed by atoms with Crippen LogP contribution in [0.2, 0.25) is 0 Å². The van der Waals surface area contributed by atoms with Crippen LogP contribution in [0.1, 0.15) is 105 Å². The predicted molar refractivity (Wildman–Crippen MR) is 121 cm³/mol. The quantitative estimate of drug-likeness (QED) is 0.471. The average Bonchev–Trinajstić information content (AvgIpc) is 3.03. The zero-order valence-corrected chi connectivity index (χ0v) is 20.8. The average molecular weight is 459 g/mol. The molecule has 4 aliphatic rings. The highest BCUT2D eigenvalue weighted by molar-refractivity contribution is 5.10. The van der Waals surface area contributed by atoms with E-state index in [0.717, 1.165) is 44.4 Å². The Balaban J connectivity index is 1.46. The lowest BCUT2D eigenvalue weighted by Crippen LogP contribution is -2.55. The van der Waals surface area contributed by atoms with Crippen molar-refractivity contribution < 1.29 is 23.4 Å². The monoisotopic (exact) mass is 458 g/mol. The number of hydrogen-bond acceptors (Lipinski definition) is 2. The number of aliphatic hydroxyl groups is 2. The van der Waals surface area contributed by atoms with Crippen LogP contribution in [0.3, 0.4) is 0 Å². The zero-order valence-electron chi connectivity index (χ0n) is 20.8. The summed E-state index contributed by atoms with van der Waals surface area (Å²) < 4.78 is 39.4. The van der Waals surface area contributed by atoms with E-state index in [1.54, 1.807) is 0 Å². The van der Waals surface area contributed by atoms with Gasteiger partial charge in [-0.3, -0.25) is 0 Å². The summed E-state index contributed by atoms with van der Waals surface area (Å²) >= 11 is 0. The normalized spacial score (nSPS) is 49.5. The highest BCUT2D eigenvalue weighted by Gasteiger charge is 2.61. The molecule has 5 heteroatoms. The lowest BCUT2D eigenvalue weighted by atomic mass is 9.43. The molecule has 0 aliphatic heterocycles. The highest BCUT2D eigenvalue weighted by Crippen LogP contribution is 2.69. The van der Waals surface area contributed by atoms with Crippen LogP contribution in [0.15, 0.2) is 0 Å². The predicted octanol–water partition coefficient (Wildman–Crippen LogP) is 7.13. The summed E-state index contributed by atoms with van der Waals surface area (Å²) in [6.07, 6.45) is 5.85. The summed E-state index contributed by atoms with van der Waals surface area (Å²) in [7, 11) is 0. The van der Waals surface area contributed by atoms with Gasteiger partial charge in [-0.05, 0) is 131 Å². The van der Waals surface area contributed by atoms with E-state index in [9.17, 15) is 23.4 Å². The molecule has 0 aromatic carbocycles. The lowest BCUT2D eigenvalue weighted by molar-refractivity contribution is -0.256. The zero-order chi connectivity index (χ0) is 23.7. The topological polar surface area (TPSA) is 40.5 Å². The van der Waals surface area contributed by atoms with Crippen molar-refractivity contribution in [1.82, 2.24) is 0 Å². The van der Waals surface area contributed by atoms with Crippen molar-refractivity contribution in [2.45, 2.75) is 123 Å². The molecule has 0 heterocycles. The van der Waals surface area contributed by atoms with Crippen molar-refractivity contribution in [2.24, 2.45) is 46.3 Å². The Morgan fingerprint density at radius 2 is 1.56 bits per heavy atom. The van der Waals surface area contributed by atoms with Crippen LogP contribution in [0.25, 0.3) is 0 Å². The number of alkyl halides is 3. The molecule has 4 saturated carbocycles. The Labute approximate surface area is 192 Å². The molecule has 0 amide bonds. The number of rotatable bonds is 4. The number of fused-ring (bicyclic) bond motifs is 5. The SMILES string of the molecule is C[C@H](CC[C@](C)(O)C(F)(F)F)[C@H]1CC[C@H]2[C@@H]3CCC4C[C@@](C)(O)CC[C@]4(C)[C@H]3CC[C@]12C. The maximum absolute atomic E-state index is 13.1. The van der Waals surface area contributed by atoms with E-state index >= 15 is 0 Å². The number of hydrogen-bond donors (Lipinski definition) is 2. The van der Waals surface area contributed by atoms with Crippen LogP contribution in [0.4, 0.5) is 13.2 Å². The van der Waals surface area contributed by atoms with E-state index < -0.39 is 17.4 Å². The Bertz CT molecular complexity index is 702. The van der Waals surface area contributed by atoms with Gasteiger partial charge in [0.15, 0.2) is 5.60 Å². The first-order valence-corrected chi connectivity index (χ1v) is 13.1. The molecule has 1 unspecified atom stereocenters. The maximum atomic E-state index is 13.1. The van der Waals surface area contributed by atoms with E-state index in [0.29, 0.717) is 29.6 Å². The molecule has 0 saturated heterocycles. The van der Waals surface area contributed by atoms with Crippen LogP contribution in [-0.4, -0.2) is 27.6 Å². The molecule has 0 radical (unpaired) electrons. The van der Waals surface area contributed by atoms with Gasteiger partial charge in [0.25, 0.3) is 0 Å². The minimum Gasteiger partial charge on any atom is -0.390 e. The smallest absolute Gasteiger partial charge is 0.390 e. The summed E-state index contributed by atoms with van der Waals surface area (Å²) in [6, 6.07) is 0. The van der Waals surface area contributed by atoms with E-state index in [2.05, 4.69) is 20.8 Å². The Morgan fingerprint density at radius 1 is 0.906 bits per heavy atom. The Morgan fingerprint density at radius 3 is 2.22 bits per heavy atom. The van der Waals surface area contributed by atoms with Crippen molar-refractivity contribution in [2.75, 3.05) is 0 Å². The largest absolute Gasteiger partial charge is 0.416 e. The molecule has 32 heavy (non-hydrogen) atoms. The molecule has 4 fully saturated rings. The molecular formula is C27H45F3O2. The molecule has 2 nitrogen and oxygen atoms in total. The van der Waals surface area contributed by atoms with Crippen molar-refractivity contribution in [3.8, 4) is 0 Å². The van der Waals surface area contributed by atoms with Gasteiger partial charge < -0.3 is 10.2 Å². The van der Waals surface area contributed by atoms with Crippen LogP contribution in [0.5, 0.6) is 0 Å². The molecule has 0 aromatic heterocycles. The first-order chi connectivity index (χ1) is 14.6. The van der Waals surface area contributed by atoms with Gasteiger partial charge in [-0.15, -0.1) is 0 Å². The minimum absolute atomic E-state index is 0.201. The van der Waals surface area contributed by atoms with Gasteiger partial charge in [0.05, 0.1) is 5.60 Å². The fourth-order valence-electron chi connectivity index (χ4n) is 9.26. The summed E-state index contributed by atoms with van der Waals surface area (Å²) in [5, 5.41) is 20.6. The summed E-state index contributed by atoms with van der Waals surface area (Å²) in [5.74, 6) is 3.42. The molecule has 186 valence electrons. The van der Waals surface area contributed by atoms with Crippen molar-refractivity contribution in [3.63, 3.8) is 0 Å². The molecule has 10 atom stereocenters. The Hall–Kier alpha value is -0.290. The van der Waals surface area contributed by atoms with Gasteiger partial charge >= 0.3 is 6.18 Å².